The Hall–Kier alpha value is 0.170. The minimum absolute atomic E-state index is 0.0359. The van der Waals surface area contributed by atoms with Crippen LogP contribution < -0.4 is 5.32 Å². The molecule has 120 valence electrons. The van der Waals surface area contributed by atoms with Crippen LogP contribution in [0.2, 0.25) is 0 Å². The van der Waals surface area contributed by atoms with Crippen LogP contribution in [0.15, 0.2) is 0 Å². The van der Waals surface area contributed by atoms with Gasteiger partial charge >= 0.3 is 0 Å². The maximum Gasteiger partial charge on any atom is 0.219 e. The van der Waals surface area contributed by atoms with E-state index in [1.54, 1.807) is 13.8 Å². The lowest BCUT2D eigenvalue weighted by atomic mass is 10.5. The Kier molecular flexibility index (Phi) is 6.78. The average molecular weight is 345 g/mol. The molecule has 1 fully saturated rings. The van der Waals surface area contributed by atoms with Crippen LogP contribution in [0.5, 0.6) is 0 Å². The van der Waals surface area contributed by atoms with Gasteiger partial charge in [0.1, 0.15) is 5.37 Å². The lowest BCUT2D eigenvalue weighted by Crippen LogP contribution is -2.54. The first-order valence-electron chi connectivity index (χ1n) is 6.78. The van der Waals surface area contributed by atoms with Crippen molar-refractivity contribution in [2.45, 2.75) is 31.4 Å². The Morgan fingerprint density at radius 1 is 1.30 bits per heavy atom. The summed E-state index contributed by atoms with van der Waals surface area (Å²) in [6, 6.07) is 0. The quantitative estimate of drug-likeness (QED) is 0.706. The Bertz CT molecular complexity index is 504. The van der Waals surface area contributed by atoms with E-state index in [1.165, 1.54) is 16.1 Å². The van der Waals surface area contributed by atoms with Crippen LogP contribution >= 0.6 is 11.8 Å². The van der Waals surface area contributed by atoms with Gasteiger partial charge in [0.25, 0.3) is 0 Å². The van der Waals surface area contributed by atoms with Crippen LogP contribution in [0.1, 0.15) is 20.8 Å². The van der Waals surface area contributed by atoms with Gasteiger partial charge in [-0.3, -0.25) is 0 Å². The van der Waals surface area contributed by atoms with Gasteiger partial charge in [-0.2, -0.15) is 16.1 Å². The molecule has 0 radical (unpaired) electrons. The highest BCUT2D eigenvalue weighted by Gasteiger charge is 2.41. The summed E-state index contributed by atoms with van der Waals surface area (Å²) in [6.45, 7) is 6.37. The van der Waals surface area contributed by atoms with Crippen LogP contribution in [-0.2, 0) is 19.9 Å². The maximum atomic E-state index is 12.6. The summed E-state index contributed by atoms with van der Waals surface area (Å²) in [5.74, 6) is 0.929. The van der Waals surface area contributed by atoms with Crippen LogP contribution in [0.4, 0.5) is 0 Å². The third-order valence-corrected chi connectivity index (χ3v) is 9.07. The van der Waals surface area contributed by atoms with Gasteiger partial charge in [0.15, 0.2) is 9.84 Å². The van der Waals surface area contributed by atoms with E-state index in [0.29, 0.717) is 24.6 Å². The van der Waals surface area contributed by atoms with Crippen molar-refractivity contribution in [2.24, 2.45) is 0 Å². The second-order valence-corrected chi connectivity index (χ2v) is 10.7. The summed E-state index contributed by atoms with van der Waals surface area (Å²) in [5.41, 5.74) is 0. The molecular weight excluding hydrogens is 320 g/mol. The summed E-state index contributed by atoms with van der Waals surface area (Å²) in [7, 11) is -7.00. The van der Waals surface area contributed by atoms with Crippen molar-refractivity contribution in [1.29, 1.82) is 0 Å². The van der Waals surface area contributed by atoms with Crippen LogP contribution in [0, 0.1) is 0 Å². The first kappa shape index (κ1) is 18.2. The summed E-state index contributed by atoms with van der Waals surface area (Å²) < 4.78 is 50.6. The monoisotopic (exact) mass is 344 g/mol. The van der Waals surface area contributed by atoms with E-state index in [1.807, 2.05) is 6.92 Å². The topological polar surface area (TPSA) is 83.6 Å². The summed E-state index contributed by atoms with van der Waals surface area (Å²) in [4.78, 5) is 0. The normalized spacial score (nSPS) is 23.6. The lowest BCUT2D eigenvalue weighted by Gasteiger charge is -2.35. The number of hydrogen-bond donors (Lipinski definition) is 1. The highest BCUT2D eigenvalue weighted by molar-refractivity contribution is 8.01. The fourth-order valence-corrected chi connectivity index (χ4v) is 7.36. The summed E-state index contributed by atoms with van der Waals surface area (Å²) in [5, 5.41) is 1.46. The average Bonchev–Trinajstić information content (AvgIpc) is 2.44. The van der Waals surface area contributed by atoms with Gasteiger partial charge in [0.2, 0.25) is 10.0 Å². The Balaban J connectivity index is 3.00. The first-order chi connectivity index (χ1) is 9.27. The third kappa shape index (κ3) is 4.09. The van der Waals surface area contributed by atoms with Gasteiger partial charge in [-0.15, -0.1) is 0 Å². The molecule has 1 saturated heterocycles. The molecule has 1 N–H and O–H groups in total. The zero-order chi connectivity index (χ0) is 15.4. The highest BCUT2D eigenvalue weighted by atomic mass is 32.2. The molecule has 1 aliphatic heterocycles. The number of thioether (sulfide) groups is 1. The molecule has 0 aromatic carbocycles. The van der Waals surface area contributed by atoms with Gasteiger partial charge in [-0.05, 0) is 13.5 Å². The van der Waals surface area contributed by atoms with E-state index >= 15 is 0 Å². The fraction of sp³-hybridized carbons (Fsp3) is 1.00. The maximum absolute atomic E-state index is 12.6. The van der Waals surface area contributed by atoms with Gasteiger partial charge in [0.05, 0.1) is 5.25 Å². The molecule has 0 aromatic heterocycles. The van der Waals surface area contributed by atoms with Crippen LogP contribution in [-0.4, -0.2) is 68.7 Å². The van der Waals surface area contributed by atoms with E-state index in [9.17, 15) is 16.8 Å². The minimum Gasteiger partial charge on any atom is -0.316 e. The second-order valence-electron chi connectivity index (χ2n) is 4.76. The Morgan fingerprint density at radius 2 is 1.95 bits per heavy atom. The van der Waals surface area contributed by atoms with Crippen molar-refractivity contribution >= 4 is 31.6 Å². The van der Waals surface area contributed by atoms with Gasteiger partial charge < -0.3 is 5.32 Å². The van der Waals surface area contributed by atoms with Gasteiger partial charge in [-0.25, -0.2) is 16.8 Å². The van der Waals surface area contributed by atoms with E-state index in [-0.39, 0.29) is 12.3 Å². The fourth-order valence-electron chi connectivity index (χ4n) is 2.02. The van der Waals surface area contributed by atoms with Crippen molar-refractivity contribution in [3.05, 3.63) is 0 Å². The van der Waals surface area contributed by atoms with Crippen molar-refractivity contribution in [3.63, 3.8) is 0 Å². The first-order valence-corrected chi connectivity index (χ1v) is 11.1. The molecule has 1 heterocycles. The highest BCUT2D eigenvalue weighted by Crippen LogP contribution is 2.26. The predicted octanol–water partition coefficient (Wildman–Crippen LogP) is 0.124. The number of sulfonamides is 1. The predicted molar refractivity (Wildman–Crippen MR) is 84.2 cm³/mol. The molecule has 20 heavy (non-hydrogen) atoms. The molecule has 1 rings (SSSR count). The molecule has 0 saturated carbocycles. The van der Waals surface area contributed by atoms with Crippen molar-refractivity contribution in [1.82, 2.24) is 9.62 Å². The van der Waals surface area contributed by atoms with Crippen molar-refractivity contribution < 1.29 is 16.8 Å². The van der Waals surface area contributed by atoms with Crippen molar-refractivity contribution in [2.75, 3.05) is 36.9 Å². The van der Waals surface area contributed by atoms with E-state index in [4.69, 9.17) is 0 Å². The molecule has 0 aliphatic carbocycles. The largest absolute Gasteiger partial charge is 0.316 e. The molecule has 0 amide bonds. The third-order valence-electron chi connectivity index (χ3n) is 3.37. The zero-order valence-electron chi connectivity index (χ0n) is 12.2. The van der Waals surface area contributed by atoms with E-state index in [2.05, 4.69) is 5.32 Å². The van der Waals surface area contributed by atoms with Crippen molar-refractivity contribution in [3.8, 4) is 0 Å². The summed E-state index contributed by atoms with van der Waals surface area (Å²) in [6.07, 6.45) is 0. The smallest absolute Gasteiger partial charge is 0.219 e. The number of rotatable bonds is 7. The second kappa shape index (κ2) is 7.44. The number of nitrogens with zero attached hydrogens (tertiary/aromatic N) is 1. The minimum atomic E-state index is -3.60. The molecular formula is C11H24N2O4S3. The van der Waals surface area contributed by atoms with E-state index < -0.39 is 30.5 Å². The Morgan fingerprint density at radius 3 is 2.50 bits per heavy atom. The number of hydrogen-bond acceptors (Lipinski definition) is 6. The van der Waals surface area contributed by atoms with Crippen LogP contribution in [0.25, 0.3) is 0 Å². The number of sulfone groups is 1. The Labute approximate surface area is 126 Å². The standard InChI is InChI=1S/C11H24N2O4S3/c1-4-12-8-10(3)20(16,17)13-6-7-18-9-11(13)19(14,15)5-2/h10-12H,4-9H2,1-3H3. The van der Waals surface area contributed by atoms with Gasteiger partial charge in [0, 0.05) is 30.3 Å². The molecule has 0 bridgehead atoms. The summed E-state index contributed by atoms with van der Waals surface area (Å²) >= 11 is 1.49. The molecule has 0 spiro atoms. The van der Waals surface area contributed by atoms with Crippen LogP contribution in [0.3, 0.4) is 0 Å². The SMILES string of the molecule is CCNCC(C)S(=O)(=O)N1CCSCC1S(=O)(=O)CC. The molecule has 0 aromatic rings. The lowest BCUT2D eigenvalue weighted by molar-refractivity contribution is 0.396. The molecule has 9 heteroatoms. The molecule has 6 nitrogen and oxygen atoms in total. The number of nitrogens with one attached hydrogen (secondary N) is 1. The molecule has 1 aliphatic rings. The molecule has 2 unspecified atom stereocenters. The zero-order valence-corrected chi connectivity index (χ0v) is 14.7. The molecule has 2 atom stereocenters. The van der Waals surface area contributed by atoms with E-state index in [0.717, 1.165) is 0 Å². The van der Waals surface area contributed by atoms with Gasteiger partial charge in [-0.1, -0.05) is 13.8 Å².